The Balaban J connectivity index is 0.00000243. The number of fused-ring (bicyclic) bond motifs is 2. The highest BCUT2D eigenvalue weighted by Gasteiger charge is 2.36. The molecule has 2 saturated heterocycles. The summed E-state index contributed by atoms with van der Waals surface area (Å²) in [4.78, 5) is 7.17. The highest BCUT2D eigenvalue weighted by atomic mass is 127. The van der Waals surface area contributed by atoms with Gasteiger partial charge in [0, 0.05) is 34.7 Å². The van der Waals surface area contributed by atoms with E-state index in [1.165, 1.54) is 25.3 Å². The van der Waals surface area contributed by atoms with E-state index in [1.54, 1.807) is 6.07 Å². The average molecular weight is 539 g/mol. The van der Waals surface area contributed by atoms with Gasteiger partial charge in [0.1, 0.15) is 5.82 Å². The lowest BCUT2D eigenvalue weighted by Crippen LogP contribution is -2.56. The van der Waals surface area contributed by atoms with Gasteiger partial charge in [0.2, 0.25) is 0 Å². The third kappa shape index (κ3) is 5.55. The van der Waals surface area contributed by atoms with Gasteiger partial charge in [-0.2, -0.15) is 0 Å². The summed E-state index contributed by atoms with van der Waals surface area (Å²) in [6, 6.07) is 6.93. The van der Waals surface area contributed by atoms with Crippen LogP contribution in [0.25, 0.3) is 0 Å². The first-order chi connectivity index (χ1) is 12.1. The maximum Gasteiger partial charge on any atom is 0.191 e. The molecule has 7 heteroatoms. The molecule has 0 aliphatic carbocycles. The quantitative estimate of drug-likeness (QED) is 0.341. The molecule has 146 valence electrons. The normalized spacial score (nSPS) is 26.2. The van der Waals surface area contributed by atoms with Gasteiger partial charge in [0.15, 0.2) is 5.96 Å². The Hall–Kier alpha value is -0.410. The number of rotatable bonds is 4. The van der Waals surface area contributed by atoms with E-state index in [9.17, 15) is 4.39 Å². The zero-order valence-electron chi connectivity index (χ0n) is 15.5. The molecule has 2 aliphatic rings. The molecule has 26 heavy (non-hydrogen) atoms. The predicted molar refractivity (Wildman–Crippen MR) is 120 cm³/mol. The molecule has 1 aromatic rings. The second-order valence-corrected chi connectivity index (χ2v) is 8.06. The van der Waals surface area contributed by atoms with Crippen molar-refractivity contribution in [1.29, 1.82) is 0 Å². The summed E-state index contributed by atoms with van der Waals surface area (Å²) in [5, 5.41) is 6.89. The summed E-state index contributed by atoms with van der Waals surface area (Å²) in [6.45, 7) is 3.20. The Bertz CT molecular complexity index is 614. The summed E-state index contributed by atoms with van der Waals surface area (Å²) in [6.07, 6.45) is 6.25. The molecule has 2 bridgehead atoms. The van der Waals surface area contributed by atoms with E-state index in [0.717, 1.165) is 29.8 Å². The van der Waals surface area contributed by atoms with Crippen molar-refractivity contribution in [3.8, 4) is 0 Å². The fourth-order valence-corrected chi connectivity index (χ4v) is 4.39. The minimum atomic E-state index is -0.220. The number of halogens is 3. The van der Waals surface area contributed by atoms with Crippen molar-refractivity contribution in [2.24, 2.45) is 4.99 Å². The highest BCUT2D eigenvalue weighted by molar-refractivity contribution is 14.0. The molecule has 2 unspecified atom stereocenters. The van der Waals surface area contributed by atoms with E-state index in [0.29, 0.717) is 30.2 Å². The molecule has 2 atom stereocenters. The van der Waals surface area contributed by atoms with Crippen molar-refractivity contribution in [2.75, 3.05) is 13.6 Å². The Morgan fingerprint density at radius 2 is 2.00 bits per heavy atom. The van der Waals surface area contributed by atoms with Gasteiger partial charge in [-0.05, 0) is 51.8 Å². The number of hydrogen-bond donors (Lipinski definition) is 2. The van der Waals surface area contributed by atoms with Crippen LogP contribution in [-0.2, 0) is 6.54 Å². The topological polar surface area (TPSA) is 39.7 Å². The molecule has 4 nitrogen and oxygen atoms in total. The van der Waals surface area contributed by atoms with Gasteiger partial charge in [-0.15, -0.1) is 24.0 Å². The molecular weight excluding hydrogens is 510 g/mol. The number of guanidine groups is 1. The Morgan fingerprint density at radius 3 is 2.62 bits per heavy atom. The van der Waals surface area contributed by atoms with Gasteiger partial charge in [-0.1, -0.05) is 28.4 Å². The van der Waals surface area contributed by atoms with Gasteiger partial charge in [0.05, 0.1) is 6.54 Å². The second-order valence-electron chi connectivity index (χ2n) is 7.15. The van der Waals surface area contributed by atoms with Crippen LogP contribution in [0.15, 0.2) is 27.7 Å². The standard InChI is InChI=1S/C19H28BrFN4.HI/c1-3-22-19(23-12-13-7-8-14(20)9-18(13)21)24-15-10-16-5-4-6-17(11-15)25(16)2;/h7-9,15-17H,3-6,10-12H2,1-2H3,(H2,22,23,24);1H. The molecule has 3 rings (SSSR count). The average Bonchev–Trinajstić information content (AvgIpc) is 2.55. The highest BCUT2D eigenvalue weighted by Crippen LogP contribution is 2.32. The minimum absolute atomic E-state index is 0. The number of aliphatic imine (C=N–C) groups is 1. The summed E-state index contributed by atoms with van der Waals surface area (Å²) >= 11 is 3.29. The first-order valence-electron chi connectivity index (χ1n) is 9.27. The van der Waals surface area contributed by atoms with E-state index >= 15 is 0 Å². The lowest BCUT2D eigenvalue weighted by molar-refractivity contribution is 0.0526. The van der Waals surface area contributed by atoms with Crippen LogP contribution in [0.5, 0.6) is 0 Å². The van der Waals surface area contributed by atoms with E-state index in [2.05, 4.69) is 50.4 Å². The molecule has 2 fully saturated rings. The molecule has 0 aromatic heterocycles. The molecule has 0 radical (unpaired) electrons. The van der Waals surface area contributed by atoms with E-state index < -0.39 is 0 Å². The number of nitrogens with one attached hydrogen (secondary N) is 2. The molecule has 2 aliphatic heterocycles. The fourth-order valence-electron chi connectivity index (χ4n) is 4.06. The molecule has 0 spiro atoms. The largest absolute Gasteiger partial charge is 0.357 e. The maximum absolute atomic E-state index is 14.0. The number of nitrogens with zero attached hydrogens (tertiary/aromatic N) is 2. The van der Waals surface area contributed by atoms with Crippen molar-refractivity contribution in [3.05, 3.63) is 34.1 Å². The summed E-state index contributed by atoms with van der Waals surface area (Å²) < 4.78 is 14.7. The lowest BCUT2D eigenvalue weighted by atomic mass is 9.82. The van der Waals surface area contributed by atoms with Crippen LogP contribution in [-0.4, -0.2) is 42.6 Å². The maximum atomic E-state index is 14.0. The SMILES string of the molecule is CCNC(=NCc1ccc(Br)cc1F)NC1CC2CCCC(C1)N2C.I. The fraction of sp³-hybridized carbons (Fsp3) is 0.632. The molecule has 0 amide bonds. The van der Waals surface area contributed by atoms with Crippen molar-refractivity contribution in [2.45, 2.75) is 63.7 Å². The van der Waals surface area contributed by atoms with Crippen LogP contribution < -0.4 is 10.6 Å². The van der Waals surface area contributed by atoms with Gasteiger partial charge >= 0.3 is 0 Å². The Labute approximate surface area is 181 Å². The van der Waals surface area contributed by atoms with Gasteiger partial charge in [0.25, 0.3) is 0 Å². The van der Waals surface area contributed by atoms with Crippen molar-refractivity contribution >= 4 is 45.9 Å². The van der Waals surface area contributed by atoms with E-state index in [-0.39, 0.29) is 29.8 Å². The summed E-state index contributed by atoms with van der Waals surface area (Å²) in [5.41, 5.74) is 0.612. The first kappa shape index (κ1) is 21.9. The third-order valence-corrected chi connectivity index (χ3v) is 5.94. The smallest absolute Gasteiger partial charge is 0.191 e. The summed E-state index contributed by atoms with van der Waals surface area (Å²) in [7, 11) is 2.26. The molecular formula is C19H29BrFIN4. The lowest BCUT2D eigenvalue weighted by Gasteiger charge is -2.47. The first-order valence-corrected chi connectivity index (χ1v) is 10.1. The van der Waals surface area contributed by atoms with Gasteiger partial charge in [-0.3, -0.25) is 0 Å². The minimum Gasteiger partial charge on any atom is -0.357 e. The molecule has 0 saturated carbocycles. The Morgan fingerprint density at radius 1 is 1.31 bits per heavy atom. The van der Waals surface area contributed by atoms with E-state index in [1.807, 2.05) is 6.07 Å². The van der Waals surface area contributed by atoms with Crippen LogP contribution in [0.3, 0.4) is 0 Å². The molecule has 2 N–H and O–H groups in total. The van der Waals surface area contributed by atoms with Crippen LogP contribution in [0.1, 0.15) is 44.6 Å². The third-order valence-electron chi connectivity index (χ3n) is 5.45. The van der Waals surface area contributed by atoms with Crippen molar-refractivity contribution in [1.82, 2.24) is 15.5 Å². The predicted octanol–water partition coefficient (Wildman–Crippen LogP) is 4.28. The zero-order valence-corrected chi connectivity index (χ0v) is 19.4. The van der Waals surface area contributed by atoms with E-state index in [4.69, 9.17) is 0 Å². The number of piperidine rings is 2. The molecule has 1 aromatic carbocycles. The van der Waals surface area contributed by atoms with Crippen LogP contribution in [0.4, 0.5) is 4.39 Å². The van der Waals surface area contributed by atoms with Crippen LogP contribution >= 0.6 is 39.9 Å². The monoisotopic (exact) mass is 538 g/mol. The van der Waals surface area contributed by atoms with Crippen LogP contribution in [0, 0.1) is 5.82 Å². The summed E-state index contributed by atoms with van der Waals surface area (Å²) in [5.74, 6) is 0.570. The molecule has 2 heterocycles. The van der Waals surface area contributed by atoms with Crippen molar-refractivity contribution < 1.29 is 4.39 Å². The van der Waals surface area contributed by atoms with Gasteiger partial charge in [-0.25, -0.2) is 9.38 Å². The number of hydrogen-bond acceptors (Lipinski definition) is 2. The zero-order chi connectivity index (χ0) is 17.8. The van der Waals surface area contributed by atoms with Gasteiger partial charge < -0.3 is 15.5 Å². The van der Waals surface area contributed by atoms with Crippen LogP contribution in [0.2, 0.25) is 0 Å². The number of benzene rings is 1. The van der Waals surface area contributed by atoms with Crippen molar-refractivity contribution in [3.63, 3.8) is 0 Å². The Kier molecular flexibility index (Phi) is 8.60. The second kappa shape index (κ2) is 10.2.